The van der Waals surface area contributed by atoms with E-state index >= 15 is 0 Å². The molecule has 1 atom stereocenters. The molecule has 1 heterocycles. The average Bonchev–Trinajstić information content (AvgIpc) is 2.61. The Morgan fingerprint density at radius 1 is 1.15 bits per heavy atom. The Morgan fingerprint density at radius 2 is 1.80 bits per heavy atom. The van der Waals surface area contributed by atoms with Crippen molar-refractivity contribution >= 4 is 0 Å². The number of nitrogens with two attached hydrogens (primary N) is 1. The Balaban J connectivity index is 2.98. The molecule has 0 saturated carbocycles. The zero-order valence-electron chi connectivity index (χ0n) is 14.5. The van der Waals surface area contributed by atoms with Crippen LogP contribution in [0.25, 0.3) is 0 Å². The molecule has 20 heavy (non-hydrogen) atoms. The number of nitrogens with zero attached hydrogens (tertiary/aromatic N) is 2. The van der Waals surface area contributed by atoms with Crippen LogP contribution in [0.4, 0.5) is 0 Å². The van der Waals surface area contributed by atoms with E-state index in [1.54, 1.807) is 0 Å². The van der Waals surface area contributed by atoms with Crippen molar-refractivity contribution in [1.29, 1.82) is 0 Å². The van der Waals surface area contributed by atoms with Gasteiger partial charge >= 0.3 is 0 Å². The summed E-state index contributed by atoms with van der Waals surface area (Å²) in [6.45, 7) is 13.7. The van der Waals surface area contributed by atoms with Crippen LogP contribution < -0.4 is 5.73 Å². The van der Waals surface area contributed by atoms with Crippen molar-refractivity contribution in [1.82, 2.24) is 9.80 Å². The van der Waals surface area contributed by atoms with E-state index in [0.717, 1.165) is 6.54 Å². The molecule has 0 amide bonds. The summed E-state index contributed by atoms with van der Waals surface area (Å²) in [5, 5.41) is 0. The lowest BCUT2D eigenvalue weighted by Crippen LogP contribution is -2.59. The molecular formula is C17H37N3. The molecule has 1 unspecified atom stereocenters. The molecule has 1 saturated heterocycles. The summed E-state index contributed by atoms with van der Waals surface area (Å²) in [7, 11) is 2.25. The van der Waals surface area contributed by atoms with E-state index in [2.05, 4.69) is 44.5 Å². The van der Waals surface area contributed by atoms with Gasteiger partial charge in [-0.3, -0.25) is 4.90 Å². The summed E-state index contributed by atoms with van der Waals surface area (Å²) >= 11 is 0. The Bertz CT molecular complexity index is 263. The van der Waals surface area contributed by atoms with Gasteiger partial charge in [0.1, 0.15) is 0 Å². The minimum Gasteiger partial charge on any atom is -0.329 e. The van der Waals surface area contributed by atoms with E-state index in [0.29, 0.717) is 12.0 Å². The first kappa shape index (κ1) is 17.9. The molecule has 0 aromatic rings. The SMILES string of the molecule is CCC(CC)N(CC(C)C)C1(CN)CCCN(C)CC1. The second-order valence-corrected chi connectivity index (χ2v) is 7.10. The van der Waals surface area contributed by atoms with Crippen LogP contribution >= 0.6 is 0 Å². The lowest BCUT2D eigenvalue weighted by Gasteiger charge is -2.48. The molecule has 120 valence electrons. The Hall–Kier alpha value is -0.120. The zero-order valence-corrected chi connectivity index (χ0v) is 14.5. The standard InChI is InChI=1S/C17H37N3/c1-6-16(7-2)20(13-15(3)4)17(14-18)9-8-11-19(5)12-10-17/h15-16H,6-14,18H2,1-5H3. The molecule has 1 aliphatic heterocycles. The molecule has 0 spiro atoms. The molecule has 0 aliphatic carbocycles. The fraction of sp³-hybridized carbons (Fsp3) is 1.00. The third kappa shape index (κ3) is 4.44. The lowest BCUT2D eigenvalue weighted by molar-refractivity contribution is 0.0211. The molecule has 0 bridgehead atoms. The van der Waals surface area contributed by atoms with Crippen molar-refractivity contribution in [3.63, 3.8) is 0 Å². The van der Waals surface area contributed by atoms with Gasteiger partial charge in [0.15, 0.2) is 0 Å². The van der Waals surface area contributed by atoms with E-state index in [-0.39, 0.29) is 5.54 Å². The van der Waals surface area contributed by atoms with Crippen LogP contribution in [0.15, 0.2) is 0 Å². The predicted octanol–water partition coefficient (Wildman–Crippen LogP) is 2.95. The minimum atomic E-state index is 0.228. The van der Waals surface area contributed by atoms with E-state index in [9.17, 15) is 0 Å². The van der Waals surface area contributed by atoms with Gasteiger partial charge in [-0.25, -0.2) is 0 Å². The number of likely N-dealkylation sites (tertiary alicyclic amines) is 1. The molecule has 1 fully saturated rings. The monoisotopic (exact) mass is 283 g/mol. The predicted molar refractivity (Wildman–Crippen MR) is 89.0 cm³/mol. The van der Waals surface area contributed by atoms with E-state index < -0.39 is 0 Å². The van der Waals surface area contributed by atoms with Gasteiger partial charge in [-0.05, 0) is 58.2 Å². The number of hydrogen-bond donors (Lipinski definition) is 1. The highest BCUT2D eigenvalue weighted by molar-refractivity contribution is 4.97. The molecule has 3 heteroatoms. The maximum Gasteiger partial charge on any atom is 0.0347 e. The van der Waals surface area contributed by atoms with Crippen LogP contribution in [-0.4, -0.2) is 54.6 Å². The Labute approximate surface area is 126 Å². The van der Waals surface area contributed by atoms with Crippen LogP contribution in [-0.2, 0) is 0 Å². The van der Waals surface area contributed by atoms with E-state index in [1.807, 2.05) is 0 Å². The lowest BCUT2D eigenvalue weighted by atomic mass is 9.85. The minimum absolute atomic E-state index is 0.228. The third-order valence-electron chi connectivity index (χ3n) is 5.08. The molecule has 0 aromatic heterocycles. The highest BCUT2D eigenvalue weighted by Crippen LogP contribution is 2.32. The molecule has 1 aliphatic rings. The van der Waals surface area contributed by atoms with Crippen LogP contribution in [0, 0.1) is 5.92 Å². The first-order chi connectivity index (χ1) is 9.49. The van der Waals surface area contributed by atoms with Crippen LogP contribution in [0.1, 0.15) is 59.8 Å². The van der Waals surface area contributed by atoms with Crippen LogP contribution in [0.2, 0.25) is 0 Å². The van der Waals surface area contributed by atoms with Crippen molar-refractivity contribution in [2.75, 3.05) is 33.2 Å². The third-order valence-corrected chi connectivity index (χ3v) is 5.08. The van der Waals surface area contributed by atoms with Gasteiger partial charge in [0.05, 0.1) is 0 Å². The van der Waals surface area contributed by atoms with Gasteiger partial charge in [-0.2, -0.15) is 0 Å². The highest BCUT2D eigenvalue weighted by Gasteiger charge is 2.39. The maximum absolute atomic E-state index is 6.32. The quantitative estimate of drug-likeness (QED) is 0.780. The first-order valence-electron chi connectivity index (χ1n) is 8.64. The molecular weight excluding hydrogens is 246 g/mol. The van der Waals surface area contributed by atoms with Crippen molar-refractivity contribution in [2.24, 2.45) is 11.7 Å². The summed E-state index contributed by atoms with van der Waals surface area (Å²) in [4.78, 5) is 5.26. The highest BCUT2D eigenvalue weighted by atomic mass is 15.2. The average molecular weight is 284 g/mol. The largest absolute Gasteiger partial charge is 0.329 e. The van der Waals surface area contributed by atoms with Crippen molar-refractivity contribution in [3.8, 4) is 0 Å². The first-order valence-corrected chi connectivity index (χ1v) is 8.64. The summed E-state index contributed by atoms with van der Waals surface area (Å²) in [6, 6.07) is 0.685. The molecule has 1 rings (SSSR count). The Kier molecular flexibility index (Phi) is 7.49. The fourth-order valence-electron chi connectivity index (χ4n) is 3.78. The summed E-state index contributed by atoms with van der Waals surface area (Å²) in [5.74, 6) is 0.708. The normalized spacial score (nSPS) is 25.6. The molecule has 2 N–H and O–H groups in total. The summed E-state index contributed by atoms with van der Waals surface area (Å²) in [6.07, 6.45) is 6.24. The van der Waals surface area contributed by atoms with Crippen molar-refractivity contribution < 1.29 is 0 Å². The molecule has 0 radical (unpaired) electrons. The Morgan fingerprint density at radius 3 is 2.30 bits per heavy atom. The van der Waals surface area contributed by atoms with Crippen molar-refractivity contribution in [2.45, 2.75) is 71.4 Å². The summed E-state index contributed by atoms with van der Waals surface area (Å²) < 4.78 is 0. The smallest absolute Gasteiger partial charge is 0.0347 e. The van der Waals surface area contributed by atoms with Crippen LogP contribution in [0.5, 0.6) is 0 Å². The van der Waals surface area contributed by atoms with Gasteiger partial charge in [-0.1, -0.05) is 27.7 Å². The van der Waals surface area contributed by atoms with Gasteiger partial charge in [-0.15, -0.1) is 0 Å². The van der Waals surface area contributed by atoms with Gasteiger partial charge in [0.2, 0.25) is 0 Å². The van der Waals surface area contributed by atoms with Crippen molar-refractivity contribution in [3.05, 3.63) is 0 Å². The second kappa shape index (κ2) is 8.35. The van der Waals surface area contributed by atoms with E-state index in [4.69, 9.17) is 5.73 Å². The molecule has 0 aromatic carbocycles. The topological polar surface area (TPSA) is 32.5 Å². The maximum atomic E-state index is 6.32. The summed E-state index contributed by atoms with van der Waals surface area (Å²) in [5.41, 5.74) is 6.54. The second-order valence-electron chi connectivity index (χ2n) is 7.10. The molecule has 3 nitrogen and oxygen atoms in total. The van der Waals surface area contributed by atoms with Gasteiger partial charge in [0, 0.05) is 24.7 Å². The van der Waals surface area contributed by atoms with Gasteiger partial charge in [0.25, 0.3) is 0 Å². The number of rotatable bonds is 7. The zero-order chi connectivity index (χ0) is 15.2. The fourth-order valence-corrected chi connectivity index (χ4v) is 3.78. The number of hydrogen-bond acceptors (Lipinski definition) is 3. The van der Waals surface area contributed by atoms with E-state index in [1.165, 1.54) is 51.7 Å². The van der Waals surface area contributed by atoms with Crippen LogP contribution in [0.3, 0.4) is 0 Å². The van der Waals surface area contributed by atoms with Gasteiger partial charge < -0.3 is 10.6 Å².